The molecule has 9 nitrogen and oxygen atoms in total. The van der Waals surface area contributed by atoms with Crippen molar-refractivity contribution in [3.8, 4) is 17.2 Å². The van der Waals surface area contributed by atoms with Gasteiger partial charge < -0.3 is 24.3 Å². The van der Waals surface area contributed by atoms with Crippen molar-refractivity contribution in [3.05, 3.63) is 124 Å². The highest BCUT2D eigenvalue weighted by molar-refractivity contribution is 6.12. The number of ketones is 1. The van der Waals surface area contributed by atoms with Gasteiger partial charge in [0.15, 0.2) is 17.3 Å². The number of fused-ring (bicyclic) bond motifs is 1. The molecule has 6 rings (SSSR count). The van der Waals surface area contributed by atoms with E-state index in [-0.39, 0.29) is 29.6 Å². The van der Waals surface area contributed by atoms with Crippen molar-refractivity contribution in [1.29, 1.82) is 0 Å². The second-order valence-corrected chi connectivity index (χ2v) is 11.6. The van der Waals surface area contributed by atoms with Crippen LogP contribution in [0.2, 0.25) is 0 Å². The van der Waals surface area contributed by atoms with Gasteiger partial charge in [0.05, 0.1) is 51.4 Å². The standard InChI is InChI=1S/C38H36N2O7/c1-22-10-12-23(13-11-22)26-18-29-34(31(41)19-26)35(24-14-16-25(17-15-24)38(43)47-5)40(30-9-7-6-8-28(30)39-29)37(42)27-20-32(44-2)36(46-4)33(21-27)45-3/h6-17,20-21,26,35,39H,18-19H2,1-5H3/t26-,35+/m0/s1. The molecule has 1 N–H and O–H groups in total. The monoisotopic (exact) mass is 632 g/mol. The maximum absolute atomic E-state index is 14.9. The average molecular weight is 633 g/mol. The summed E-state index contributed by atoms with van der Waals surface area (Å²) in [6.07, 6.45) is 0.851. The van der Waals surface area contributed by atoms with E-state index in [9.17, 15) is 14.4 Å². The maximum atomic E-state index is 14.9. The van der Waals surface area contributed by atoms with Gasteiger partial charge in [-0.3, -0.25) is 14.5 Å². The van der Waals surface area contributed by atoms with Crippen LogP contribution in [-0.2, 0) is 9.53 Å². The Morgan fingerprint density at radius 3 is 2.02 bits per heavy atom. The van der Waals surface area contributed by atoms with Crippen LogP contribution in [0.15, 0.2) is 96.2 Å². The number of nitrogens with one attached hydrogen (secondary N) is 1. The van der Waals surface area contributed by atoms with Crippen LogP contribution in [0, 0.1) is 6.92 Å². The molecule has 4 aromatic carbocycles. The first-order chi connectivity index (χ1) is 22.8. The van der Waals surface area contributed by atoms with Gasteiger partial charge in [-0.1, -0.05) is 54.1 Å². The molecule has 0 radical (unpaired) electrons. The number of hydrogen-bond donors (Lipinski definition) is 1. The van der Waals surface area contributed by atoms with E-state index in [0.29, 0.717) is 51.7 Å². The van der Waals surface area contributed by atoms with E-state index in [0.717, 1.165) is 16.8 Å². The fourth-order valence-electron chi connectivity index (χ4n) is 6.47. The number of allylic oxidation sites excluding steroid dienone is 1. The molecule has 0 spiro atoms. The lowest BCUT2D eigenvalue weighted by atomic mass is 9.78. The molecule has 4 aromatic rings. The van der Waals surface area contributed by atoms with Crippen LogP contribution >= 0.6 is 0 Å². The molecule has 0 saturated carbocycles. The third-order valence-corrected chi connectivity index (χ3v) is 8.82. The fraction of sp³-hybridized carbons (Fsp3) is 0.237. The Kier molecular flexibility index (Phi) is 8.72. The Labute approximate surface area is 273 Å². The number of Topliss-reactive ketones (excluding diaryl/α,β-unsaturated/α-hetero) is 1. The van der Waals surface area contributed by atoms with Crippen LogP contribution < -0.4 is 24.4 Å². The Balaban J connectivity index is 1.57. The van der Waals surface area contributed by atoms with Crippen molar-refractivity contribution in [3.63, 3.8) is 0 Å². The first-order valence-electron chi connectivity index (χ1n) is 15.3. The van der Waals surface area contributed by atoms with Crippen LogP contribution in [0.4, 0.5) is 11.4 Å². The summed E-state index contributed by atoms with van der Waals surface area (Å²) in [5.74, 6) is 0.0271. The highest BCUT2D eigenvalue weighted by atomic mass is 16.5. The zero-order valence-corrected chi connectivity index (χ0v) is 27.0. The molecule has 240 valence electrons. The Bertz CT molecular complexity index is 1850. The number of benzene rings is 4. The van der Waals surface area contributed by atoms with Crippen molar-refractivity contribution >= 4 is 29.0 Å². The third kappa shape index (κ3) is 5.80. The zero-order valence-electron chi connectivity index (χ0n) is 27.0. The van der Waals surface area contributed by atoms with Gasteiger partial charge in [0.25, 0.3) is 5.91 Å². The third-order valence-electron chi connectivity index (χ3n) is 8.82. The summed E-state index contributed by atoms with van der Waals surface area (Å²) < 4.78 is 21.6. The highest BCUT2D eigenvalue weighted by Gasteiger charge is 2.42. The van der Waals surface area contributed by atoms with Gasteiger partial charge in [0.1, 0.15) is 0 Å². The van der Waals surface area contributed by atoms with E-state index in [4.69, 9.17) is 18.9 Å². The molecule has 0 saturated heterocycles. The molecular weight excluding hydrogens is 596 g/mol. The van der Waals surface area contributed by atoms with Crippen molar-refractivity contribution in [2.45, 2.75) is 31.7 Å². The van der Waals surface area contributed by atoms with Crippen molar-refractivity contribution in [2.75, 3.05) is 38.7 Å². The SMILES string of the molecule is COC(=O)c1ccc([C@@H]2C3=C(C[C@H](c4ccc(C)cc4)CC3=O)Nc3ccccc3N2C(=O)c2cc(OC)c(OC)c(OC)c2)cc1. The van der Waals surface area contributed by atoms with Gasteiger partial charge in [-0.25, -0.2) is 4.79 Å². The molecule has 1 amide bonds. The molecule has 2 atom stereocenters. The molecule has 9 heteroatoms. The minimum atomic E-state index is -0.828. The number of aryl methyl sites for hydroxylation is 1. The van der Waals surface area contributed by atoms with Gasteiger partial charge >= 0.3 is 5.97 Å². The van der Waals surface area contributed by atoms with Gasteiger partial charge in [-0.2, -0.15) is 0 Å². The lowest BCUT2D eigenvalue weighted by Crippen LogP contribution is -2.38. The molecule has 1 heterocycles. The van der Waals surface area contributed by atoms with E-state index in [2.05, 4.69) is 29.6 Å². The van der Waals surface area contributed by atoms with Gasteiger partial charge in [-0.15, -0.1) is 0 Å². The molecule has 0 unspecified atom stereocenters. The number of amides is 1. The summed E-state index contributed by atoms with van der Waals surface area (Å²) in [5.41, 5.74) is 6.04. The summed E-state index contributed by atoms with van der Waals surface area (Å²) in [6.45, 7) is 2.04. The van der Waals surface area contributed by atoms with Crippen LogP contribution in [-0.4, -0.2) is 46.1 Å². The molecule has 0 bridgehead atoms. The number of ether oxygens (including phenoxy) is 4. The number of nitrogens with zero attached hydrogens (tertiary/aromatic N) is 1. The number of methoxy groups -OCH3 is 4. The minimum absolute atomic E-state index is 0.0405. The van der Waals surface area contributed by atoms with Crippen LogP contribution in [0.25, 0.3) is 0 Å². The quantitative estimate of drug-likeness (QED) is 0.217. The van der Waals surface area contributed by atoms with Crippen LogP contribution in [0.3, 0.4) is 0 Å². The number of rotatable bonds is 7. The lowest BCUT2D eigenvalue weighted by Gasteiger charge is -2.35. The number of carbonyl (C=O) groups excluding carboxylic acids is 3. The molecule has 47 heavy (non-hydrogen) atoms. The number of carbonyl (C=O) groups is 3. The average Bonchev–Trinajstić information content (AvgIpc) is 3.25. The first kappa shape index (κ1) is 31.4. The predicted molar refractivity (Wildman–Crippen MR) is 179 cm³/mol. The molecule has 1 aliphatic carbocycles. The van der Waals surface area contributed by atoms with E-state index in [1.54, 1.807) is 41.3 Å². The molecule has 0 fully saturated rings. The second kappa shape index (κ2) is 13.0. The molecule has 2 aliphatic rings. The fourth-order valence-corrected chi connectivity index (χ4v) is 6.47. The minimum Gasteiger partial charge on any atom is -0.493 e. The number of esters is 1. The predicted octanol–water partition coefficient (Wildman–Crippen LogP) is 7.02. The Hall–Kier alpha value is -5.57. The number of anilines is 2. The highest BCUT2D eigenvalue weighted by Crippen LogP contribution is 2.48. The first-order valence-corrected chi connectivity index (χ1v) is 15.3. The Morgan fingerprint density at radius 2 is 1.40 bits per heavy atom. The van der Waals surface area contributed by atoms with Crippen LogP contribution in [0.1, 0.15) is 62.2 Å². The summed E-state index contributed by atoms with van der Waals surface area (Å²) in [6, 6.07) is 25.0. The normalized spacial score (nSPS) is 17.1. The zero-order chi connectivity index (χ0) is 33.2. The van der Waals surface area contributed by atoms with E-state index in [1.165, 1.54) is 28.4 Å². The summed E-state index contributed by atoms with van der Waals surface area (Å²) in [7, 11) is 5.80. The second-order valence-electron chi connectivity index (χ2n) is 11.6. The van der Waals surface area contributed by atoms with Crippen molar-refractivity contribution in [2.24, 2.45) is 0 Å². The van der Waals surface area contributed by atoms with Gasteiger partial charge in [0, 0.05) is 23.3 Å². The molecular formula is C38H36N2O7. The number of para-hydroxylation sites is 2. The van der Waals surface area contributed by atoms with E-state index in [1.807, 2.05) is 31.2 Å². The van der Waals surface area contributed by atoms with Crippen molar-refractivity contribution < 1.29 is 33.3 Å². The maximum Gasteiger partial charge on any atom is 0.337 e. The van der Waals surface area contributed by atoms with Gasteiger partial charge in [0.2, 0.25) is 5.75 Å². The smallest absolute Gasteiger partial charge is 0.337 e. The summed E-state index contributed by atoms with van der Waals surface area (Å²) in [4.78, 5) is 43.3. The summed E-state index contributed by atoms with van der Waals surface area (Å²) >= 11 is 0. The Morgan fingerprint density at radius 1 is 0.766 bits per heavy atom. The topological polar surface area (TPSA) is 103 Å². The van der Waals surface area contributed by atoms with Crippen LogP contribution in [0.5, 0.6) is 17.2 Å². The largest absolute Gasteiger partial charge is 0.493 e. The number of hydrogen-bond acceptors (Lipinski definition) is 8. The molecule has 1 aliphatic heterocycles. The lowest BCUT2D eigenvalue weighted by molar-refractivity contribution is -0.116. The summed E-state index contributed by atoms with van der Waals surface area (Å²) in [5, 5.41) is 3.56. The van der Waals surface area contributed by atoms with Crippen molar-refractivity contribution in [1.82, 2.24) is 0 Å². The van der Waals surface area contributed by atoms with E-state index >= 15 is 0 Å². The molecule has 0 aromatic heterocycles. The van der Waals surface area contributed by atoms with E-state index < -0.39 is 12.0 Å². The van der Waals surface area contributed by atoms with Gasteiger partial charge in [-0.05, 0) is 66.8 Å².